The number of nitrogens with zero attached hydrogens (tertiary/aromatic N) is 3. The normalized spacial score (nSPS) is 13.0. The summed E-state index contributed by atoms with van der Waals surface area (Å²) in [5, 5.41) is 0. The van der Waals surface area contributed by atoms with Gasteiger partial charge < -0.3 is 10.6 Å². The standard InChI is InChI=1S/C17H18N4O2/c18-17-19-9-13-10-21(11-14(13)20-17)16(23)8-4-7-15(22)12-5-2-1-3-6-12/h1-3,5-6,9H,4,7-8,10-11H2,(H2,18,19,20). The number of anilines is 1. The van der Waals surface area contributed by atoms with E-state index in [0.717, 1.165) is 11.3 Å². The van der Waals surface area contributed by atoms with E-state index in [2.05, 4.69) is 9.97 Å². The number of nitrogen functional groups attached to an aromatic ring is 1. The van der Waals surface area contributed by atoms with Crippen molar-refractivity contribution in [1.29, 1.82) is 0 Å². The second-order valence-corrected chi connectivity index (χ2v) is 5.59. The van der Waals surface area contributed by atoms with Gasteiger partial charge in [0.05, 0.1) is 12.2 Å². The third-order valence-electron chi connectivity index (χ3n) is 3.92. The van der Waals surface area contributed by atoms with Crippen LogP contribution in [0.2, 0.25) is 0 Å². The molecule has 6 nitrogen and oxygen atoms in total. The fourth-order valence-corrected chi connectivity index (χ4v) is 2.67. The van der Waals surface area contributed by atoms with Gasteiger partial charge in [0.2, 0.25) is 11.9 Å². The average Bonchev–Trinajstić information content (AvgIpc) is 2.98. The van der Waals surface area contributed by atoms with E-state index in [4.69, 9.17) is 5.73 Å². The Labute approximate surface area is 134 Å². The molecule has 1 aliphatic rings. The molecule has 0 atom stereocenters. The van der Waals surface area contributed by atoms with Gasteiger partial charge in [-0.25, -0.2) is 9.97 Å². The summed E-state index contributed by atoms with van der Waals surface area (Å²) in [6, 6.07) is 9.15. The summed E-state index contributed by atoms with van der Waals surface area (Å²) in [6.07, 6.45) is 2.95. The minimum atomic E-state index is 0.0300. The highest BCUT2D eigenvalue weighted by molar-refractivity contribution is 5.96. The number of amides is 1. The van der Waals surface area contributed by atoms with Crippen molar-refractivity contribution in [1.82, 2.24) is 14.9 Å². The summed E-state index contributed by atoms with van der Waals surface area (Å²) in [4.78, 5) is 34.1. The number of aromatic nitrogens is 2. The Morgan fingerprint density at radius 1 is 1.13 bits per heavy atom. The lowest BCUT2D eigenvalue weighted by Crippen LogP contribution is -2.25. The summed E-state index contributed by atoms with van der Waals surface area (Å²) in [5.41, 5.74) is 8.00. The molecule has 0 spiro atoms. The molecule has 2 aromatic rings. The van der Waals surface area contributed by atoms with Crippen LogP contribution in [0.5, 0.6) is 0 Å². The van der Waals surface area contributed by atoms with Crippen LogP contribution in [0, 0.1) is 0 Å². The Hall–Kier alpha value is -2.76. The quantitative estimate of drug-likeness (QED) is 0.853. The van der Waals surface area contributed by atoms with Crippen molar-refractivity contribution in [2.24, 2.45) is 0 Å². The number of ketones is 1. The van der Waals surface area contributed by atoms with Gasteiger partial charge in [-0.15, -0.1) is 0 Å². The summed E-state index contributed by atoms with van der Waals surface area (Å²) in [5.74, 6) is 0.329. The molecule has 0 fully saturated rings. The van der Waals surface area contributed by atoms with E-state index in [1.54, 1.807) is 23.2 Å². The van der Waals surface area contributed by atoms with Crippen molar-refractivity contribution in [3.63, 3.8) is 0 Å². The van der Waals surface area contributed by atoms with E-state index in [1.165, 1.54) is 0 Å². The first-order chi connectivity index (χ1) is 11.1. The molecule has 118 valence electrons. The van der Waals surface area contributed by atoms with E-state index in [-0.39, 0.29) is 17.6 Å². The molecule has 0 radical (unpaired) electrons. The lowest BCUT2D eigenvalue weighted by molar-refractivity contribution is -0.131. The predicted octanol–water partition coefficient (Wildman–Crippen LogP) is 1.95. The van der Waals surface area contributed by atoms with Crippen molar-refractivity contribution in [3.8, 4) is 0 Å². The van der Waals surface area contributed by atoms with Gasteiger partial charge in [-0.2, -0.15) is 0 Å². The van der Waals surface area contributed by atoms with Crippen LogP contribution in [0.15, 0.2) is 36.5 Å². The molecule has 0 aliphatic carbocycles. The number of nitrogens with two attached hydrogens (primary N) is 1. The Bertz CT molecular complexity index is 731. The van der Waals surface area contributed by atoms with Crippen LogP contribution >= 0.6 is 0 Å². The van der Waals surface area contributed by atoms with Crippen LogP contribution in [0.25, 0.3) is 0 Å². The van der Waals surface area contributed by atoms with Crippen molar-refractivity contribution in [3.05, 3.63) is 53.3 Å². The fourth-order valence-electron chi connectivity index (χ4n) is 2.67. The number of carbonyl (C=O) groups is 2. The second-order valence-electron chi connectivity index (χ2n) is 5.59. The molecule has 1 aromatic carbocycles. The van der Waals surface area contributed by atoms with E-state index >= 15 is 0 Å². The Morgan fingerprint density at radius 3 is 2.70 bits per heavy atom. The molecule has 1 aliphatic heterocycles. The van der Waals surface area contributed by atoms with Gasteiger partial charge in [-0.05, 0) is 6.42 Å². The zero-order valence-electron chi connectivity index (χ0n) is 12.7. The molecule has 1 aromatic heterocycles. The summed E-state index contributed by atoms with van der Waals surface area (Å²) in [6.45, 7) is 0.981. The predicted molar refractivity (Wildman–Crippen MR) is 85.3 cm³/mol. The van der Waals surface area contributed by atoms with Crippen molar-refractivity contribution < 1.29 is 9.59 Å². The average molecular weight is 310 g/mol. The van der Waals surface area contributed by atoms with Crippen LogP contribution in [-0.2, 0) is 17.9 Å². The van der Waals surface area contributed by atoms with Gasteiger partial charge in [0, 0.05) is 36.7 Å². The minimum absolute atomic E-state index is 0.0300. The molecular formula is C17H18N4O2. The van der Waals surface area contributed by atoms with Gasteiger partial charge in [-0.3, -0.25) is 9.59 Å². The van der Waals surface area contributed by atoms with Gasteiger partial charge >= 0.3 is 0 Å². The number of benzene rings is 1. The maximum Gasteiger partial charge on any atom is 0.223 e. The highest BCUT2D eigenvalue weighted by atomic mass is 16.2. The first-order valence-corrected chi connectivity index (χ1v) is 7.60. The summed E-state index contributed by atoms with van der Waals surface area (Å²) in [7, 11) is 0. The highest BCUT2D eigenvalue weighted by Crippen LogP contribution is 2.22. The molecule has 6 heteroatoms. The zero-order chi connectivity index (χ0) is 16.2. The topological polar surface area (TPSA) is 89.2 Å². The van der Waals surface area contributed by atoms with Crippen molar-refractivity contribution >= 4 is 17.6 Å². The van der Waals surface area contributed by atoms with Gasteiger partial charge in [0.25, 0.3) is 0 Å². The molecule has 1 amide bonds. The maximum absolute atomic E-state index is 12.3. The van der Waals surface area contributed by atoms with Gasteiger partial charge in [-0.1, -0.05) is 30.3 Å². The van der Waals surface area contributed by atoms with Crippen molar-refractivity contribution in [2.75, 3.05) is 5.73 Å². The summed E-state index contributed by atoms with van der Waals surface area (Å²) >= 11 is 0. The zero-order valence-corrected chi connectivity index (χ0v) is 12.7. The molecule has 2 heterocycles. The number of rotatable bonds is 5. The molecule has 0 unspecified atom stereocenters. The molecule has 0 saturated carbocycles. The minimum Gasteiger partial charge on any atom is -0.368 e. The van der Waals surface area contributed by atoms with E-state index in [1.807, 2.05) is 18.2 Å². The SMILES string of the molecule is Nc1ncc2c(n1)CN(C(=O)CCCC(=O)c1ccccc1)C2. The number of carbonyl (C=O) groups excluding carboxylic acids is 2. The smallest absolute Gasteiger partial charge is 0.223 e. The Kier molecular flexibility index (Phi) is 4.32. The number of Topliss-reactive ketones (excluding diaryl/α,β-unsaturated/α-hetero) is 1. The monoisotopic (exact) mass is 310 g/mol. The third kappa shape index (κ3) is 3.53. The molecule has 23 heavy (non-hydrogen) atoms. The molecule has 2 N–H and O–H groups in total. The second kappa shape index (κ2) is 6.56. The van der Waals surface area contributed by atoms with Gasteiger partial charge in [0.1, 0.15) is 0 Å². The molecular weight excluding hydrogens is 292 g/mol. The largest absolute Gasteiger partial charge is 0.368 e. The maximum atomic E-state index is 12.3. The Balaban J connectivity index is 1.49. The number of hydrogen-bond acceptors (Lipinski definition) is 5. The van der Waals surface area contributed by atoms with Crippen LogP contribution in [0.1, 0.15) is 40.9 Å². The molecule has 0 saturated heterocycles. The van der Waals surface area contributed by atoms with E-state index < -0.39 is 0 Å². The lowest BCUT2D eigenvalue weighted by Gasteiger charge is -2.14. The van der Waals surface area contributed by atoms with E-state index in [0.29, 0.717) is 37.9 Å². The first kappa shape index (κ1) is 15.1. The number of hydrogen-bond donors (Lipinski definition) is 1. The van der Waals surface area contributed by atoms with Crippen LogP contribution in [0.4, 0.5) is 5.95 Å². The fraction of sp³-hybridized carbons (Fsp3) is 0.294. The highest BCUT2D eigenvalue weighted by Gasteiger charge is 2.24. The third-order valence-corrected chi connectivity index (χ3v) is 3.92. The first-order valence-electron chi connectivity index (χ1n) is 7.60. The lowest BCUT2D eigenvalue weighted by atomic mass is 10.1. The Morgan fingerprint density at radius 2 is 1.91 bits per heavy atom. The number of fused-ring (bicyclic) bond motifs is 1. The summed E-state index contributed by atoms with van der Waals surface area (Å²) < 4.78 is 0. The van der Waals surface area contributed by atoms with Gasteiger partial charge in [0.15, 0.2) is 5.78 Å². The molecule has 0 bridgehead atoms. The van der Waals surface area contributed by atoms with Crippen LogP contribution in [0.3, 0.4) is 0 Å². The van der Waals surface area contributed by atoms with E-state index in [9.17, 15) is 9.59 Å². The van der Waals surface area contributed by atoms with Crippen LogP contribution < -0.4 is 5.73 Å². The van der Waals surface area contributed by atoms with Crippen LogP contribution in [-0.4, -0.2) is 26.6 Å². The molecule has 3 rings (SSSR count). The van der Waals surface area contributed by atoms with Crippen molar-refractivity contribution in [2.45, 2.75) is 32.4 Å².